The van der Waals surface area contributed by atoms with Crippen molar-refractivity contribution in [1.82, 2.24) is 10.2 Å². The van der Waals surface area contributed by atoms with E-state index < -0.39 is 5.97 Å². The van der Waals surface area contributed by atoms with Crippen LogP contribution in [0.15, 0.2) is 52.1 Å². The molecule has 0 aliphatic heterocycles. The van der Waals surface area contributed by atoms with Crippen LogP contribution in [0.3, 0.4) is 0 Å². The maximum Gasteiger partial charge on any atom is 0.337 e. The van der Waals surface area contributed by atoms with Gasteiger partial charge >= 0.3 is 5.97 Å². The molecule has 0 saturated heterocycles. The van der Waals surface area contributed by atoms with E-state index in [-0.39, 0.29) is 6.61 Å². The van der Waals surface area contributed by atoms with Crippen LogP contribution in [0, 0.1) is 0 Å². The third-order valence-corrected chi connectivity index (χ3v) is 5.28. The molecule has 0 spiro atoms. The van der Waals surface area contributed by atoms with Crippen LogP contribution in [-0.4, -0.2) is 30.4 Å². The van der Waals surface area contributed by atoms with Gasteiger partial charge in [0.15, 0.2) is 6.61 Å². The van der Waals surface area contributed by atoms with Crippen LogP contribution < -0.4 is 9.47 Å². The summed E-state index contributed by atoms with van der Waals surface area (Å²) in [5, 5.41) is 8.48. The van der Waals surface area contributed by atoms with Gasteiger partial charge in [0, 0.05) is 11.3 Å². The molecule has 0 aliphatic carbocycles. The molecule has 0 amide bonds. The summed E-state index contributed by atoms with van der Waals surface area (Å²) >= 11 is 1.35. The Morgan fingerprint density at radius 3 is 2.53 bits per heavy atom. The minimum atomic E-state index is -0.400. The molecule has 1 heterocycles. The zero-order chi connectivity index (χ0) is 21.5. The second-order valence-electron chi connectivity index (χ2n) is 6.78. The van der Waals surface area contributed by atoms with Crippen molar-refractivity contribution in [3.8, 4) is 11.5 Å². The molecule has 0 saturated carbocycles. The van der Waals surface area contributed by atoms with Gasteiger partial charge in [0.1, 0.15) is 11.5 Å². The number of hydrogen-bond donors (Lipinski definition) is 0. The summed E-state index contributed by atoms with van der Waals surface area (Å²) in [6, 6.07) is 13.1. The Morgan fingerprint density at radius 1 is 1.10 bits per heavy atom. The van der Waals surface area contributed by atoms with Crippen LogP contribution in [0.4, 0.5) is 0 Å². The molecule has 30 heavy (non-hydrogen) atoms. The fourth-order valence-electron chi connectivity index (χ4n) is 2.72. The summed E-state index contributed by atoms with van der Waals surface area (Å²) in [4.78, 5) is 11.8. The lowest BCUT2D eigenvalue weighted by Gasteiger charge is -2.09. The minimum Gasteiger partial charge on any atom is -0.496 e. The third kappa shape index (κ3) is 5.54. The summed E-state index contributed by atoms with van der Waals surface area (Å²) in [5.74, 6) is 2.37. The summed E-state index contributed by atoms with van der Waals surface area (Å²) in [6.07, 6.45) is 0. The van der Waals surface area contributed by atoms with Gasteiger partial charge in [-0.15, -0.1) is 10.2 Å². The summed E-state index contributed by atoms with van der Waals surface area (Å²) in [5.41, 5.74) is 2.54. The highest BCUT2D eigenvalue weighted by Crippen LogP contribution is 2.28. The minimum absolute atomic E-state index is 0.190. The molecular weight excluding hydrogens is 404 g/mol. The van der Waals surface area contributed by atoms with Crippen molar-refractivity contribution in [2.45, 2.75) is 37.3 Å². The van der Waals surface area contributed by atoms with Crippen LogP contribution in [0.1, 0.15) is 47.1 Å². The topological polar surface area (TPSA) is 83.7 Å². The second-order valence-corrected chi connectivity index (χ2v) is 7.71. The van der Waals surface area contributed by atoms with Gasteiger partial charge in [-0.05, 0) is 41.8 Å². The maximum absolute atomic E-state index is 11.8. The largest absolute Gasteiger partial charge is 0.496 e. The van der Waals surface area contributed by atoms with Gasteiger partial charge in [-0.25, -0.2) is 4.79 Å². The average Bonchev–Trinajstić information content (AvgIpc) is 3.23. The lowest BCUT2D eigenvalue weighted by Crippen LogP contribution is -2.02. The van der Waals surface area contributed by atoms with Gasteiger partial charge in [0.2, 0.25) is 0 Å². The zero-order valence-corrected chi connectivity index (χ0v) is 18.2. The first-order valence-corrected chi connectivity index (χ1v) is 10.4. The van der Waals surface area contributed by atoms with E-state index in [2.05, 4.69) is 24.0 Å². The first-order chi connectivity index (χ1) is 14.5. The van der Waals surface area contributed by atoms with E-state index in [0.29, 0.717) is 34.1 Å². The number of nitrogens with zero attached hydrogens (tertiary/aromatic N) is 2. The molecule has 0 bridgehead atoms. The maximum atomic E-state index is 11.8. The van der Waals surface area contributed by atoms with E-state index in [4.69, 9.17) is 18.6 Å². The number of carbonyl (C=O) groups is 1. The Kier molecular flexibility index (Phi) is 7.35. The van der Waals surface area contributed by atoms with Crippen molar-refractivity contribution in [3.05, 3.63) is 65.0 Å². The van der Waals surface area contributed by atoms with Gasteiger partial charge in [-0.3, -0.25) is 0 Å². The molecule has 0 atom stereocenters. The SMILES string of the molecule is COC(=O)c1ccc(OC)c(CSc2nnc(COc3ccc(C(C)C)cc3)o2)c1. The van der Waals surface area contributed by atoms with Crippen LogP contribution in [-0.2, 0) is 17.1 Å². The molecule has 7 nitrogen and oxygen atoms in total. The van der Waals surface area contributed by atoms with Crippen LogP contribution in [0.25, 0.3) is 0 Å². The fourth-order valence-corrected chi connectivity index (χ4v) is 3.48. The molecule has 0 aliphatic rings. The Balaban J connectivity index is 1.58. The summed E-state index contributed by atoms with van der Waals surface area (Å²) in [7, 11) is 2.93. The molecule has 3 aromatic rings. The van der Waals surface area contributed by atoms with Crippen LogP contribution in [0.5, 0.6) is 11.5 Å². The van der Waals surface area contributed by atoms with Crippen molar-refractivity contribution in [1.29, 1.82) is 0 Å². The Morgan fingerprint density at radius 2 is 1.87 bits per heavy atom. The zero-order valence-electron chi connectivity index (χ0n) is 17.4. The van der Waals surface area contributed by atoms with Crippen molar-refractivity contribution in [3.63, 3.8) is 0 Å². The number of aromatic nitrogens is 2. The molecule has 2 aromatic carbocycles. The lowest BCUT2D eigenvalue weighted by atomic mass is 10.0. The molecular formula is C22H24N2O5S. The highest BCUT2D eigenvalue weighted by Gasteiger charge is 2.13. The van der Waals surface area contributed by atoms with E-state index in [1.807, 2.05) is 24.3 Å². The number of esters is 1. The highest BCUT2D eigenvalue weighted by molar-refractivity contribution is 7.98. The Labute approximate surface area is 179 Å². The molecule has 1 aromatic heterocycles. The normalized spacial score (nSPS) is 10.8. The first-order valence-electron chi connectivity index (χ1n) is 9.43. The molecule has 0 N–H and O–H groups in total. The number of thioether (sulfide) groups is 1. The molecule has 3 rings (SSSR count). The molecule has 0 fully saturated rings. The number of rotatable bonds is 9. The predicted octanol–water partition coefficient (Wildman–Crippen LogP) is 4.86. The summed E-state index contributed by atoms with van der Waals surface area (Å²) < 4.78 is 21.5. The Bertz CT molecular complexity index is 985. The highest BCUT2D eigenvalue weighted by atomic mass is 32.2. The molecule has 8 heteroatoms. The smallest absolute Gasteiger partial charge is 0.337 e. The predicted molar refractivity (Wildman–Crippen MR) is 113 cm³/mol. The van der Waals surface area contributed by atoms with E-state index in [0.717, 1.165) is 11.3 Å². The number of benzene rings is 2. The third-order valence-electron chi connectivity index (χ3n) is 4.41. The van der Waals surface area contributed by atoms with Crippen molar-refractivity contribution in [2.75, 3.05) is 14.2 Å². The van der Waals surface area contributed by atoms with E-state index in [1.165, 1.54) is 24.4 Å². The van der Waals surface area contributed by atoms with Crippen molar-refractivity contribution < 1.29 is 23.4 Å². The van der Waals surface area contributed by atoms with Crippen molar-refractivity contribution >= 4 is 17.7 Å². The Hall–Kier alpha value is -3.00. The van der Waals surface area contributed by atoms with Crippen LogP contribution >= 0.6 is 11.8 Å². The first kappa shape index (κ1) is 21.7. The number of ether oxygens (including phenoxy) is 3. The monoisotopic (exact) mass is 428 g/mol. The van der Waals surface area contributed by atoms with Gasteiger partial charge in [0.05, 0.1) is 19.8 Å². The second kappa shape index (κ2) is 10.2. The number of carbonyl (C=O) groups excluding carboxylic acids is 1. The fraction of sp³-hybridized carbons (Fsp3) is 0.318. The van der Waals surface area contributed by atoms with E-state index in [1.54, 1.807) is 25.3 Å². The van der Waals surface area contributed by atoms with Gasteiger partial charge < -0.3 is 18.6 Å². The van der Waals surface area contributed by atoms with E-state index in [9.17, 15) is 4.79 Å². The quantitative estimate of drug-likeness (QED) is 0.353. The average molecular weight is 429 g/mol. The number of methoxy groups -OCH3 is 2. The van der Waals surface area contributed by atoms with E-state index >= 15 is 0 Å². The number of hydrogen-bond acceptors (Lipinski definition) is 8. The lowest BCUT2D eigenvalue weighted by molar-refractivity contribution is 0.0600. The van der Waals surface area contributed by atoms with Gasteiger partial charge in [0.25, 0.3) is 11.1 Å². The molecule has 158 valence electrons. The molecule has 0 radical (unpaired) electrons. The standard InChI is InChI=1S/C22H24N2O5S/c1-14(2)15-5-8-18(9-6-15)28-12-20-23-24-22(29-20)30-13-17-11-16(21(25)27-4)7-10-19(17)26-3/h5-11,14H,12-13H2,1-4H3. The van der Waals surface area contributed by atoms with Crippen molar-refractivity contribution in [2.24, 2.45) is 0 Å². The van der Waals surface area contributed by atoms with Gasteiger partial charge in [-0.1, -0.05) is 37.7 Å². The van der Waals surface area contributed by atoms with Crippen LogP contribution in [0.2, 0.25) is 0 Å². The summed E-state index contributed by atoms with van der Waals surface area (Å²) in [6.45, 7) is 4.49. The van der Waals surface area contributed by atoms with Gasteiger partial charge in [-0.2, -0.15) is 0 Å². The molecule has 0 unspecified atom stereocenters.